The monoisotopic (exact) mass is 234 g/mol. The van der Waals surface area contributed by atoms with Crippen LogP contribution in [-0.2, 0) is 0 Å². The number of nitrogens with two attached hydrogens (primary N) is 1. The Balaban J connectivity index is 2.06. The van der Waals surface area contributed by atoms with E-state index in [2.05, 4.69) is 15.7 Å². The van der Waals surface area contributed by atoms with Crippen molar-refractivity contribution < 1.29 is 4.79 Å². The fraction of sp³-hybridized carbons (Fsp3) is 0. The molecule has 4 N–H and O–H groups in total. The number of hydrogen-bond donors (Lipinski definition) is 3. The minimum absolute atomic E-state index is 0.134. The van der Waals surface area contributed by atoms with Crippen LogP contribution in [0.5, 0.6) is 0 Å². The van der Waals surface area contributed by atoms with Crippen molar-refractivity contribution in [2.75, 3.05) is 10.7 Å². The molecule has 0 radical (unpaired) electrons. The highest BCUT2D eigenvalue weighted by molar-refractivity contribution is 7.12. The summed E-state index contributed by atoms with van der Waals surface area (Å²) >= 11 is 1.39. The standard InChI is InChI=1S/C10H10N4OS/c11-14-9-4-3-7(6-12-9)13-10(15)8-2-1-5-16-8/h1-6H,11H2,(H,12,14)(H,13,15). The Morgan fingerprint density at radius 1 is 1.38 bits per heavy atom. The van der Waals surface area contributed by atoms with E-state index >= 15 is 0 Å². The molecule has 0 spiro atoms. The Bertz CT molecular complexity index is 466. The molecule has 2 aromatic rings. The molecule has 82 valence electrons. The Kier molecular flexibility index (Phi) is 3.13. The molecular weight excluding hydrogens is 224 g/mol. The first kappa shape index (κ1) is 10.6. The first-order valence-electron chi connectivity index (χ1n) is 4.57. The van der Waals surface area contributed by atoms with E-state index in [4.69, 9.17) is 5.84 Å². The SMILES string of the molecule is NNc1ccc(NC(=O)c2cccs2)cn1. The van der Waals surface area contributed by atoms with Crippen molar-refractivity contribution in [3.05, 3.63) is 40.7 Å². The maximum atomic E-state index is 11.7. The largest absolute Gasteiger partial charge is 0.320 e. The number of hydrazine groups is 1. The first-order valence-corrected chi connectivity index (χ1v) is 5.45. The lowest BCUT2D eigenvalue weighted by molar-refractivity contribution is 0.103. The van der Waals surface area contributed by atoms with E-state index in [1.807, 2.05) is 11.4 Å². The fourth-order valence-electron chi connectivity index (χ4n) is 1.15. The van der Waals surface area contributed by atoms with Crippen LogP contribution in [0.25, 0.3) is 0 Å². The van der Waals surface area contributed by atoms with E-state index in [9.17, 15) is 4.79 Å². The van der Waals surface area contributed by atoms with Gasteiger partial charge in [-0.2, -0.15) is 0 Å². The molecule has 0 aliphatic carbocycles. The summed E-state index contributed by atoms with van der Waals surface area (Å²) < 4.78 is 0. The van der Waals surface area contributed by atoms with Gasteiger partial charge in [0.05, 0.1) is 16.8 Å². The quantitative estimate of drug-likeness (QED) is 0.557. The summed E-state index contributed by atoms with van der Waals surface area (Å²) in [5, 5.41) is 4.59. The predicted octanol–water partition coefficient (Wildman–Crippen LogP) is 1.68. The number of anilines is 2. The van der Waals surface area contributed by atoms with Crippen LogP contribution < -0.4 is 16.6 Å². The lowest BCUT2D eigenvalue weighted by atomic mass is 10.3. The Hall–Kier alpha value is -1.92. The van der Waals surface area contributed by atoms with Gasteiger partial charge >= 0.3 is 0 Å². The van der Waals surface area contributed by atoms with E-state index in [0.29, 0.717) is 16.4 Å². The number of nitrogens with one attached hydrogen (secondary N) is 2. The summed E-state index contributed by atoms with van der Waals surface area (Å²) in [6.07, 6.45) is 1.54. The third-order valence-corrected chi connectivity index (χ3v) is 2.78. The number of carbonyl (C=O) groups excluding carboxylic acids is 1. The molecule has 0 aliphatic rings. The van der Waals surface area contributed by atoms with E-state index in [1.54, 1.807) is 24.4 Å². The van der Waals surface area contributed by atoms with Crippen molar-refractivity contribution in [3.8, 4) is 0 Å². The Morgan fingerprint density at radius 3 is 2.81 bits per heavy atom. The summed E-state index contributed by atoms with van der Waals surface area (Å²) in [5.41, 5.74) is 3.05. The average Bonchev–Trinajstić information content (AvgIpc) is 2.83. The molecule has 0 fully saturated rings. The second-order valence-electron chi connectivity index (χ2n) is 3.01. The van der Waals surface area contributed by atoms with Gasteiger partial charge in [-0.1, -0.05) is 6.07 Å². The highest BCUT2D eigenvalue weighted by Crippen LogP contribution is 2.13. The lowest BCUT2D eigenvalue weighted by Gasteiger charge is -2.04. The molecule has 0 bridgehead atoms. The summed E-state index contributed by atoms with van der Waals surface area (Å²) in [7, 11) is 0. The number of carbonyl (C=O) groups is 1. The average molecular weight is 234 g/mol. The summed E-state index contributed by atoms with van der Waals surface area (Å²) in [6.45, 7) is 0. The number of rotatable bonds is 3. The molecule has 0 saturated carbocycles. The van der Waals surface area contributed by atoms with Crippen molar-refractivity contribution in [2.45, 2.75) is 0 Å². The molecule has 2 heterocycles. The second kappa shape index (κ2) is 4.73. The van der Waals surface area contributed by atoms with Gasteiger partial charge in [0.25, 0.3) is 5.91 Å². The smallest absolute Gasteiger partial charge is 0.265 e. The Labute approximate surface area is 96.3 Å². The van der Waals surface area contributed by atoms with E-state index in [1.165, 1.54) is 11.3 Å². The van der Waals surface area contributed by atoms with Crippen LogP contribution in [0.1, 0.15) is 9.67 Å². The van der Waals surface area contributed by atoms with Gasteiger partial charge in [-0.3, -0.25) is 4.79 Å². The van der Waals surface area contributed by atoms with E-state index < -0.39 is 0 Å². The number of thiophene rings is 1. The maximum Gasteiger partial charge on any atom is 0.265 e. The molecule has 1 amide bonds. The van der Waals surface area contributed by atoms with Crippen LogP contribution in [0.15, 0.2) is 35.8 Å². The molecule has 0 aromatic carbocycles. The molecule has 0 saturated heterocycles. The molecule has 16 heavy (non-hydrogen) atoms. The van der Waals surface area contributed by atoms with Gasteiger partial charge in [0.15, 0.2) is 0 Å². The number of nitrogens with zero attached hydrogens (tertiary/aromatic N) is 1. The molecule has 2 rings (SSSR count). The maximum absolute atomic E-state index is 11.7. The third kappa shape index (κ3) is 2.36. The molecule has 0 atom stereocenters. The van der Waals surface area contributed by atoms with Gasteiger partial charge in [0.1, 0.15) is 5.82 Å². The third-order valence-electron chi connectivity index (χ3n) is 1.91. The number of nitrogen functional groups attached to an aromatic ring is 1. The number of aromatic nitrogens is 1. The van der Waals surface area contributed by atoms with Gasteiger partial charge in [0.2, 0.25) is 0 Å². The zero-order valence-corrected chi connectivity index (χ0v) is 9.12. The second-order valence-corrected chi connectivity index (χ2v) is 3.96. The molecule has 0 unspecified atom stereocenters. The van der Waals surface area contributed by atoms with Crippen molar-refractivity contribution in [3.63, 3.8) is 0 Å². The molecule has 5 nitrogen and oxygen atoms in total. The summed E-state index contributed by atoms with van der Waals surface area (Å²) in [6, 6.07) is 7.01. The minimum atomic E-state index is -0.134. The number of amides is 1. The summed E-state index contributed by atoms with van der Waals surface area (Å²) in [5.74, 6) is 5.60. The molecule has 2 aromatic heterocycles. The molecular formula is C10H10N4OS. The number of pyridine rings is 1. The van der Waals surface area contributed by atoms with Crippen LogP contribution in [0, 0.1) is 0 Å². The zero-order valence-electron chi connectivity index (χ0n) is 8.31. The van der Waals surface area contributed by atoms with Crippen LogP contribution >= 0.6 is 11.3 Å². The van der Waals surface area contributed by atoms with Crippen molar-refractivity contribution in [1.82, 2.24) is 4.98 Å². The van der Waals surface area contributed by atoms with Gasteiger partial charge in [-0.05, 0) is 23.6 Å². The fourth-order valence-corrected chi connectivity index (χ4v) is 1.77. The highest BCUT2D eigenvalue weighted by Gasteiger charge is 2.06. The van der Waals surface area contributed by atoms with Crippen LogP contribution in [0.2, 0.25) is 0 Å². The molecule has 0 aliphatic heterocycles. The Morgan fingerprint density at radius 2 is 2.25 bits per heavy atom. The van der Waals surface area contributed by atoms with Crippen molar-refractivity contribution in [1.29, 1.82) is 0 Å². The van der Waals surface area contributed by atoms with Crippen LogP contribution in [-0.4, -0.2) is 10.9 Å². The topological polar surface area (TPSA) is 80.0 Å². The van der Waals surface area contributed by atoms with Crippen molar-refractivity contribution >= 4 is 28.7 Å². The summed E-state index contributed by atoms with van der Waals surface area (Å²) in [4.78, 5) is 16.3. The lowest BCUT2D eigenvalue weighted by Crippen LogP contribution is -2.11. The molecule has 6 heteroatoms. The van der Waals surface area contributed by atoms with E-state index in [0.717, 1.165) is 0 Å². The minimum Gasteiger partial charge on any atom is -0.320 e. The van der Waals surface area contributed by atoms with Gasteiger partial charge < -0.3 is 10.7 Å². The zero-order chi connectivity index (χ0) is 11.4. The van der Waals surface area contributed by atoms with E-state index in [-0.39, 0.29) is 5.91 Å². The predicted molar refractivity (Wildman–Crippen MR) is 64.3 cm³/mol. The van der Waals surface area contributed by atoms with Gasteiger partial charge in [-0.15, -0.1) is 11.3 Å². The van der Waals surface area contributed by atoms with Crippen LogP contribution in [0.4, 0.5) is 11.5 Å². The normalized spacial score (nSPS) is 9.81. The number of hydrogen-bond acceptors (Lipinski definition) is 5. The highest BCUT2D eigenvalue weighted by atomic mass is 32.1. The van der Waals surface area contributed by atoms with Crippen molar-refractivity contribution in [2.24, 2.45) is 5.84 Å². The van der Waals surface area contributed by atoms with Crippen LogP contribution in [0.3, 0.4) is 0 Å². The van der Waals surface area contributed by atoms with Gasteiger partial charge in [0, 0.05) is 0 Å². The first-order chi connectivity index (χ1) is 7.79. The van der Waals surface area contributed by atoms with Gasteiger partial charge in [-0.25, -0.2) is 10.8 Å².